The Morgan fingerprint density at radius 3 is 2.52 bits per heavy atom. The van der Waals surface area contributed by atoms with Crippen molar-refractivity contribution in [3.8, 4) is 0 Å². The number of carbonyl (C=O) groups is 4. The van der Waals surface area contributed by atoms with Gasteiger partial charge in [-0.15, -0.1) is 0 Å². The average Bonchev–Trinajstić information content (AvgIpc) is 2.34. The van der Waals surface area contributed by atoms with Crippen LogP contribution in [0.2, 0.25) is 0 Å². The number of rotatable bonds is 5. The van der Waals surface area contributed by atoms with Gasteiger partial charge in [-0.2, -0.15) is 0 Å². The van der Waals surface area contributed by atoms with Gasteiger partial charge in [-0.3, -0.25) is 24.6 Å². The number of imide groups is 2. The molecule has 2 fully saturated rings. The first-order valence-corrected chi connectivity index (χ1v) is 7.31. The highest BCUT2D eigenvalue weighted by Gasteiger charge is 2.57. The predicted octanol–water partition coefficient (Wildman–Crippen LogP) is 0.397. The molecule has 2 aliphatic rings. The van der Waals surface area contributed by atoms with Crippen LogP contribution in [0.4, 0.5) is 4.79 Å². The molecule has 0 atom stereocenters. The molecule has 0 aromatic heterocycles. The molecule has 7 heteroatoms. The Labute approximate surface area is 123 Å². The Bertz CT molecular complexity index is 483. The molecule has 0 aromatic rings. The lowest BCUT2D eigenvalue weighted by Gasteiger charge is -2.44. The lowest BCUT2D eigenvalue weighted by atomic mass is 9.66. The van der Waals surface area contributed by atoms with E-state index in [1.165, 1.54) is 0 Å². The molecule has 5 amide bonds. The van der Waals surface area contributed by atoms with Crippen molar-refractivity contribution in [2.45, 2.75) is 39.5 Å². The van der Waals surface area contributed by atoms with Crippen LogP contribution in [0.3, 0.4) is 0 Å². The quantitative estimate of drug-likeness (QED) is 0.718. The van der Waals surface area contributed by atoms with Crippen LogP contribution in [0.25, 0.3) is 0 Å². The third-order valence-corrected chi connectivity index (χ3v) is 4.03. The van der Waals surface area contributed by atoms with Crippen molar-refractivity contribution >= 4 is 23.8 Å². The summed E-state index contributed by atoms with van der Waals surface area (Å²) in [5.41, 5.74) is -1.07. The molecule has 116 valence electrons. The Morgan fingerprint density at radius 1 is 1.33 bits per heavy atom. The number of urea groups is 1. The van der Waals surface area contributed by atoms with Gasteiger partial charge in [-0.05, 0) is 18.8 Å². The first-order valence-electron chi connectivity index (χ1n) is 7.31. The summed E-state index contributed by atoms with van der Waals surface area (Å²) >= 11 is 0. The normalized spacial score (nSPS) is 20.5. The van der Waals surface area contributed by atoms with Crippen molar-refractivity contribution in [2.75, 3.05) is 13.1 Å². The third-order valence-electron chi connectivity index (χ3n) is 4.03. The second-order valence-corrected chi connectivity index (χ2v) is 6.10. The second kappa shape index (κ2) is 5.83. The maximum Gasteiger partial charge on any atom is 0.330 e. The Hall–Kier alpha value is -1.92. The third kappa shape index (κ3) is 2.91. The van der Waals surface area contributed by atoms with Crippen LogP contribution in [0.1, 0.15) is 39.5 Å². The van der Waals surface area contributed by atoms with Gasteiger partial charge in [-0.25, -0.2) is 4.79 Å². The fraction of sp³-hybridized carbons (Fsp3) is 0.714. The van der Waals surface area contributed by atoms with Crippen molar-refractivity contribution in [3.63, 3.8) is 0 Å². The zero-order valence-electron chi connectivity index (χ0n) is 12.4. The molecule has 0 unspecified atom stereocenters. The van der Waals surface area contributed by atoms with Crippen molar-refractivity contribution in [1.29, 1.82) is 0 Å². The van der Waals surface area contributed by atoms with E-state index in [9.17, 15) is 19.2 Å². The minimum atomic E-state index is -1.07. The summed E-state index contributed by atoms with van der Waals surface area (Å²) in [7, 11) is 0. The zero-order chi connectivity index (χ0) is 15.6. The van der Waals surface area contributed by atoms with Crippen LogP contribution in [0.5, 0.6) is 0 Å². The van der Waals surface area contributed by atoms with Crippen LogP contribution in [-0.4, -0.2) is 41.7 Å². The first-order chi connectivity index (χ1) is 9.86. The second-order valence-electron chi connectivity index (χ2n) is 6.10. The van der Waals surface area contributed by atoms with Crippen LogP contribution < -0.4 is 10.6 Å². The molecule has 2 rings (SSSR count). The molecular weight excluding hydrogens is 274 g/mol. The van der Waals surface area contributed by atoms with Gasteiger partial charge in [0.15, 0.2) is 0 Å². The Balaban J connectivity index is 1.93. The SMILES string of the molecule is CC(C)CNC(=O)CCN1C(=O)NC(=O)C2(CCC2)C1=O. The van der Waals surface area contributed by atoms with Gasteiger partial charge < -0.3 is 5.32 Å². The lowest BCUT2D eigenvalue weighted by Crippen LogP contribution is -2.66. The highest BCUT2D eigenvalue weighted by Crippen LogP contribution is 2.44. The molecule has 7 nitrogen and oxygen atoms in total. The van der Waals surface area contributed by atoms with Crippen LogP contribution in [0.15, 0.2) is 0 Å². The van der Waals surface area contributed by atoms with E-state index in [2.05, 4.69) is 10.6 Å². The maximum atomic E-state index is 12.3. The number of carbonyl (C=O) groups excluding carboxylic acids is 4. The van der Waals surface area contributed by atoms with Gasteiger partial charge >= 0.3 is 6.03 Å². The summed E-state index contributed by atoms with van der Waals surface area (Å²) in [6.45, 7) is 4.52. The van der Waals surface area contributed by atoms with E-state index < -0.39 is 23.3 Å². The fourth-order valence-corrected chi connectivity index (χ4v) is 2.53. The smallest absolute Gasteiger partial charge is 0.330 e. The van der Waals surface area contributed by atoms with E-state index in [1.807, 2.05) is 13.8 Å². The standard InChI is InChI=1S/C14H21N3O4/c1-9(2)8-15-10(18)4-7-17-12(20)14(5-3-6-14)11(19)16-13(17)21/h9H,3-8H2,1-2H3,(H,15,18)(H,16,19,21). The number of barbiturate groups is 1. The first kappa shape index (κ1) is 15.5. The molecule has 0 aromatic carbocycles. The molecule has 1 aliphatic heterocycles. The summed E-state index contributed by atoms with van der Waals surface area (Å²) in [5, 5.41) is 4.96. The number of hydrogen-bond donors (Lipinski definition) is 2. The number of hydrogen-bond acceptors (Lipinski definition) is 4. The summed E-state index contributed by atoms with van der Waals surface area (Å²) in [4.78, 5) is 48.6. The summed E-state index contributed by atoms with van der Waals surface area (Å²) in [5.74, 6) is -0.822. The number of amides is 5. The van der Waals surface area contributed by atoms with E-state index >= 15 is 0 Å². The van der Waals surface area contributed by atoms with Crippen LogP contribution in [0, 0.1) is 11.3 Å². The molecule has 1 spiro atoms. The molecular formula is C14H21N3O4. The summed E-state index contributed by atoms with van der Waals surface area (Å²) in [6, 6.07) is -0.723. The van der Waals surface area contributed by atoms with Crippen LogP contribution in [-0.2, 0) is 14.4 Å². The molecule has 21 heavy (non-hydrogen) atoms. The van der Waals surface area contributed by atoms with E-state index in [4.69, 9.17) is 0 Å². The van der Waals surface area contributed by atoms with Crippen molar-refractivity contribution in [2.24, 2.45) is 11.3 Å². The maximum absolute atomic E-state index is 12.3. The number of nitrogens with zero attached hydrogens (tertiary/aromatic N) is 1. The van der Waals surface area contributed by atoms with Crippen molar-refractivity contribution in [1.82, 2.24) is 15.5 Å². The van der Waals surface area contributed by atoms with Gasteiger partial charge in [0.1, 0.15) is 5.41 Å². The Kier molecular flexibility index (Phi) is 4.29. The molecule has 1 saturated carbocycles. The predicted molar refractivity (Wildman–Crippen MR) is 74.0 cm³/mol. The Morgan fingerprint density at radius 2 is 2.00 bits per heavy atom. The minimum absolute atomic E-state index is 0.00360. The topological polar surface area (TPSA) is 95.6 Å². The van der Waals surface area contributed by atoms with Crippen molar-refractivity contribution in [3.05, 3.63) is 0 Å². The molecule has 0 bridgehead atoms. The number of nitrogens with one attached hydrogen (secondary N) is 2. The monoisotopic (exact) mass is 295 g/mol. The fourth-order valence-electron chi connectivity index (χ4n) is 2.53. The van der Waals surface area contributed by atoms with E-state index in [0.717, 1.165) is 11.3 Å². The van der Waals surface area contributed by atoms with E-state index in [0.29, 0.717) is 25.3 Å². The molecule has 1 heterocycles. The van der Waals surface area contributed by atoms with Crippen molar-refractivity contribution < 1.29 is 19.2 Å². The molecule has 2 N–H and O–H groups in total. The summed E-state index contributed by atoms with van der Waals surface area (Å²) < 4.78 is 0. The van der Waals surface area contributed by atoms with Gasteiger partial charge in [0, 0.05) is 19.5 Å². The van der Waals surface area contributed by atoms with Gasteiger partial charge in [0.05, 0.1) is 0 Å². The highest BCUT2D eigenvalue weighted by atomic mass is 16.2. The average molecular weight is 295 g/mol. The zero-order valence-corrected chi connectivity index (χ0v) is 12.4. The van der Waals surface area contributed by atoms with E-state index in [-0.39, 0.29) is 18.9 Å². The molecule has 1 saturated heterocycles. The minimum Gasteiger partial charge on any atom is -0.356 e. The molecule has 1 aliphatic carbocycles. The molecule has 0 radical (unpaired) electrons. The largest absolute Gasteiger partial charge is 0.356 e. The van der Waals surface area contributed by atoms with Gasteiger partial charge in [0.25, 0.3) is 0 Å². The van der Waals surface area contributed by atoms with Gasteiger partial charge in [0.2, 0.25) is 17.7 Å². The van der Waals surface area contributed by atoms with Crippen LogP contribution >= 0.6 is 0 Å². The van der Waals surface area contributed by atoms with Gasteiger partial charge in [-0.1, -0.05) is 20.3 Å². The lowest BCUT2D eigenvalue weighted by molar-refractivity contribution is -0.157. The highest BCUT2D eigenvalue weighted by molar-refractivity contribution is 6.19. The van der Waals surface area contributed by atoms with E-state index in [1.54, 1.807) is 0 Å². The summed E-state index contributed by atoms with van der Waals surface area (Å²) in [6.07, 6.45) is 1.80.